The van der Waals surface area contributed by atoms with Gasteiger partial charge in [-0.3, -0.25) is 4.79 Å². The fourth-order valence-electron chi connectivity index (χ4n) is 3.76. The number of hydrogen-bond donors (Lipinski definition) is 2. The second-order valence-corrected chi connectivity index (χ2v) is 9.18. The van der Waals surface area contributed by atoms with Gasteiger partial charge in [-0.15, -0.1) is 0 Å². The summed E-state index contributed by atoms with van der Waals surface area (Å²) in [6.07, 6.45) is 6.22. The van der Waals surface area contributed by atoms with Crippen LogP contribution in [0.15, 0.2) is 65.8 Å². The van der Waals surface area contributed by atoms with Crippen molar-refractivity contribution in [2.45, 2.75) is 57.5 Å². The summed E-state index contributed by atoms with van der Waals surface area (Å²) in [6, 6.07) is 20.7. The molecule has 1 aromatic heterocycles. The molecule has 0 aliphatic heterocycles. The lowest BCUT2D eigenvalue weighted by Crippen LogP contribution is -2.31. The fraction of sp³-hybridized carbons (Fsp3) is 0.407. The number of benzene rings is 2. The maximum Gasteiger partial charge on any atom is 0.223 e. The number of amides is 1. The van der Waals surface area contributed by atoms with E-state index in [1.165, 1.54) is 0 Å². The first-order valence-corrected chi connectivity index (χ1v) is 12.8. The highest BCUT2D eigenvalue weighted by atomic mass is 32.2. The highest BCUT2D eigenvalue weighted by Crippen LogP contribution is 2.32. The molecule has 1 unspecified atom stereocenters. The van der Waals surface area contributed by atoms with Crippen molar-refractivity contribution in [2.24, 2.45) is 5.92 Å². The molecule has 1 heterocycles. The molecule has 3 rings (SSSR count). The third-order valence-electron chi connectivity index (χ3n) is 5.67. The minimum Gasteiger partial charge on any atom is -0.356 e. The molecule has 2 aromatic carbocycles. The highest BCUT2D eigenvalue weighted by molar-refractivity contribution is 7.99. The summed E-state index contributed by atoms with van der Waals surface area (Å²) in [5.41, 5.74) is 4.31. The van der Waals surface area contributed by atoms with Crippen LogP contribution in [-0.2, 0) is 4.79 Å². The molecular weight excluding hydrogens is 414 g/mol. The van der Waals surface area contributed by atoms with Gasteiger partial charge in [-0.25, -0.2) is 4.98 Å². The smallest absolute Gasteiger partial charge is 0.223 e. The topological polar surface area (TPSA) is 57.8 Å². The second-order valence-electron chi connectivity index (χ2n) is 8.09. The van der Waals surface area contributed by atoms with E-state index in [1.807, 2.05) is 24.3 Å². The van der Waals surface area contributed by atoms with Crippen LogP contribution in [0.3, 0.4) is 0 Å². The molecule has 0 radical (unpaired) electrons. The van der Waals surface area contributed by atoms with E-state index in [9.17, 15) is 4.79 Å². The number of nitrogens with zero attached hydrogens (tertiary/aromatic N) is 1. The number of carbonyl (C=O) groups excluding carboxylic acids is 1. The van der Waals surface area contributed by atoms with E-state index in [0.29, 0.717) is 0 Å². The number of H-pyrrole nitrogens is 1. The Morgan fingerprint density at radius 3 is 2.31 bits per heavy atom. The van der Waals surface area contributed by atoms with Crippen LogP contribution in [0.1, 0.15) is 52.4 Å². The summed E-state index contributed by atoms with van der Waals surface area (Å²) in [4.78, 5) is 20.7. The van der Waals surface area contributed by atoms with E-state index >= 15 is 0 Å². The van der Waals surface area contributed by atoms with Crippen molar-refractivity contribution in [3.63, 3.8) is 0 Å². The molecule has 0 spiro atoms. The number of aromatic amines is 1. The van der Waals surface area contributed by atoms with Gasteiger partial charge in [0.2, 0.25) is 5.91 Å². The molecule has 32 heavy (non-hydrogen) atoms. The first-order valence-electron chi connectivity index (χ1n) is 11.8. The fourth-order valence-corrected chi connectivity index (χ4v) is 4.63. The van der Waals surface area contributed by atoms with Crippen LogP contribution in [0.2, 0.25) is 0 Å². The minimum absolute atomic E-state index is 0.167. The van der Waals surface area contributed by atoms with Crippen LogP contribution in [-0.4, -0.2) is 28.2 Å². The molecule has 0 saturated heterocycles. The van der Waals surface area contributed by atoms with Gasteiger partial charge < -0.3 is 10.3 Å². The largest absolute Gasteiger partial charge is 0.356 e. The molecule has 3 aromatic rings. The lowest BCUT2D eigenvalue weighted by molar-refractivity contribution is -0.125. The second kappa shape index (κ2) is 13.1. The molecule has 0 fully saturated rings. The normalized spacial score (nSPS) is 11.9. The van der Waals surface area contributed by atoms with E-state index in [1.54, 1.807) is 11.8 Å². The van der Waals surface area contributed by atoms with Gasteiger partial charge in [-0.05, 0) is 25.7 Å². The molecule has 170 valence electrons. The molecule has 0 bridgehead atoms. The van der Waals surface area contributed by atoms with Crippen molar-refractivity contribution < 1.29 is 4.79 Å². The van der Waals surface area contributed by atoms with Crippen LogP contribution >= 0.6 is 11.8 Å². The van der Waals surface area contributed by atoms with E-state index < -0.39 is 0 Å². The Morgan fingerprint density at radius 1 is 0.969 bits per heavy atom. The Hall–Kier alpha value is -2.53. The predicted octanol–water partition coefficient (Wildman–Crippen LogP) is 6.95. The zero-order valence-corrected chi connectivity index (χ0v) is 20.1. The zero-order valence-electron chi connectivity index (χ0n) is 19.3. The van der Waals surface area contributed by atoms with Crippen molar-refractivity contribution in [3.8, 4) is 22.5 Å². The number of nitrogens with one attached hydrogen (secondary N) is 2. The zero-order chi connectivity index (χ0) is 22.6. The maximum absolute atomic E-state index is 12.3. The molecule has 0 aliphatic rings. The Bertz CT molecular complexity index is 883. The predicted molar refractivity (Wildman–Crippen MR) is 136 cm³/mol. The van der Waals surface area contributed by atoms with Crippen molar-refractivity contribution in [2.75, 3.05) is 12.3 Å². The summed E-state index contributed by atoms with van der Waals surface area (Å²) in [6.45, 7) is 5.03. The average Bonchev–Trinajstić information content (AvgIpc) is 3.27. The lowest BCUT2D eigenvalue weighted by atomic mass is 9.98. The van der Waals surface area contributed by atoms with E-state index in [0.717, 1.165) is 78.5 Å². The molecule has 4 nitrogen and oxygen atoms in total. The summed E-state index contributed by atoms with van der Waals surface area (Å²) in [7, 11) is 0. The Labute approximate surface area is 196 Å². The Balaban J connectivity index is 1.52. The highest BCUT2D eigenvalue weighted by Gasteiger charge is 2.15. The average molecular weight is 450 g/mol. The van der Waals surface area contributed by atoms with Crippen molar-refractivity contribution in [3.05, 3.63) is 60.7 Å². The molecule has 1 amide bonds. The third kappa shape index (κ3) is 6.99. The van der Waals surface area contributed by atoms with Gasteiger partial charge >= 0.3 is 0 Å². The van der Waals surface area contributed by atoms with Crippen LogP contribution in [0.25, 0.3) is 22.5 Å². The number of rotatable bonds is 13. The number of unbranched alkanes of at least 4 members (excludes halogenated alkanes) is 2. The van der Waals surface area contributed by atoms with Crippen LogP contribution in [0.4, 0.5) is 0 Å². The maximum atomic E-state index is 12.3. The molecule has 0 aliphatic carbocycles. The summed E-state index contributed by atoms with van der Waals surface area (Å²) >= 11 is 1.75. The number of carbonyl (C=O) groups is 1. The van der Waals surface area contributed by atoms with Crippen molar-refractivity contribution >= 4 is 17.7 Å². The Morgan fingerprint density at radius 2 is 1.66 bits per heavy atom. The van der Waals surface area contributed by atoms with Gasteiger partial charge in [-0.2, -0.15) is 0 Å². The van der Waals surface area contributed by atoms with Gasteiger partial charge in [0.15, 0.2) is 5.16 Å². The first kappa shape index (κ1) is 24.1. The van der Waals surface area contributed by atoms with Gasteiger partial charge in [0.1, 0.15) is 0 Å². The number of imidazole rings is 1. The molecule has 2 N–H and O–H groups in total. The standard InChI is InChI=1S/C27H35N3OS/c1-3-5-14-21(4-2)26(31)28-19-12-13-20-32-27-29-24(22-15-8-6-9-16-22)25(30-27)23-17-10-7-11-18-23/h6-11,15-18,21H,3-5,12-14,19-20H2,1-2H3,(H,28,31)(H,29,30). The van der Waals surface area contributed by atoms with E-state index in [4.69, 9.17) is 4.98 Å². The quantitative estimate of drug-likeness (QED) is 0.219. The van der Waals surface area contributed by atoms with Crippen molar-refractivity contribution in [1.82, 2.24) is 15.3 Å². The third-order valence-corrected chi connectivity index (χ3v) is 6.63. The summed E-state index contributed by atoms with van der Waals surface area (Å²) in [5, 5.41) is 4.07. The minimum atomic E-state index is 0.167. The SMILES string of the molecule is CCCCC(CC)C(=O)NCCCCSc1nc(-c2ccccc2)c(-c2ccccc2)[nH]1. The molecule has 0 saturated carbocycles. The molecular formula is C27H35N3OS. The first-order chi connectivity index (χ1) is 15.7. The van der Waals surface area contributed by atoms with Crippen molar-refractivity contribution in [1.29, 1.82) is 0 Å². The van der Waals surface area contributed by atoms with E-state index in [2.05, 4.69) is 60.5 Å². The van der Waals surface area contributed by atoms with Crippen LogP contribution < -0.4 is 5.32 Å². The summed E-state index contributed by atoms with van der Waals surface area (Å²) in [5.74, 6) is 1.36. The van der Waals surface area contributed by atoms with Gasteiger partial charge in [0.25, 0.3) is 0 Å². The van der Waals surface area contributed by atoms with Crippen LogP contribution in [0, 0.1) is 5.92 Å². The monoisotopic (exact) mass is 449 g/mol. The molecule has 5 heteroatoms. The van der Waals surface area contributed by atoms with Gasteiger partial charge in [0, 0.05) is 29.3 Å². The summed E-state index contributed by atoms with van der Waals surface area (Å²) < 4.78 is 0. The van der Waals surface area contributed by atoms with Crippen LogP contribution in [0.5, 0.6) is 0 Å². The molecule has 1 atom stereocenters. The lowest BCUT2D eigenvalue weighted by Gasteiger charge is -2.14. The number of aromatic nitrogens is 2. The van der Waals surface area contributed by atoms with Gasteiger partial charge in [0.05, 0.1) is 11.4 Å². The Kier molecular flexibility index (Phi) is 9.89. The number of thioether (sulfide) groups is 1. The van der Waals surface area contributed by atoms with E-state index in [-0.39, 0.29) is 11.8 Å². The number of hydrogen-bond acceptors (Lipinski definition) is 3. The van der Waals surface area contributed by atoms with Gasteiger partial charge in [-0.1, -0.05) is 99.1 Å².